The van der Waals surface area contributed by atoms with Crippen LogP contribution < -0.4 is 0 Å². The van der Waals surface area contributed by atoms with E-state index in [1.54, 1.807) is 5.92 Å². The molecule has 1 aliphatic carbocycles. The first kappa shape index (κ1) is 5.02. The normalized spacial score (nSPS) is 24.1. The molecule has 1 saturated carbocycles. The highest BCUT2D eigenvalue weighted by Gasteiger charge is 2.13. The molecule has 1 fully saturated rings. The van der Waals surface area contributed by atoms with Gasteiger partial charge >= 0.3 is 0 Å². The minimum absolute atomic E-state index is 1.33. The molecule has 7 heavy (non-hydrogen) atoms. The highest BCUT2D eigenvalue weighted by atomic mass is 14.1. The summed E-state index contributed by atoms with van der Waals surface area (Å²) in [5.74, 6) is 1.68. The summed E-state index contributed by atoms with van der Waals surface area (Å²) in [7, 11) is 0. The van der Waals surface area contributed by atoms with Gasteiger partial charge < -0.3 is 0 Å². The Morgan fingerprint density at radius 3 is 2.14 bits per heavy atom. The monoisotopic (exact) mass is 96.1 g/mol. The molecule has 0 heteroatoms. The van der Waals surface area contributed by atoms with Gasteiger partial charge in [0, 0.05) is 0 Å². The van der Waals surface area contributed by atoms with Gasteiger partial charge in [-0.2, -0.15) is 0 Å². The molecule has 0 unspecified atom stereocenters. The van der Waals surface area contributed by atoms with Crippen molar-refractivity contribution in [2.45, 2.75) is 32.6 Å². The Labute approximate surface area is 45.9 Å². The maximum absolute atomic E-state index is 2.38. The van der Waals surface area contributed by atoms with E-state index in [-0.39, 0.29) is 0 Å². The van der Waals surface area contributed by atoms with E-state index < -0.39 is 0 Å². The summed E-state index contributed by atoms with van der Waals surface area (Å²) >= 11 is 0. The van der Waals surface area contributed by atoms with Crippen molar-refractivity contribution >= 4 is 0 Å². The van der Waals surface area contributed by atoms with Gasteiger partial charge in [0.05, 0.1) is 19.3 Å². The fourth-order valence-corrected chi connectivity index (χ4v) is 0.966. The lowest BCUT2D eigenvalue weighted by atomic mass is 9.91. The summed E-state index contributed by atoms with van der Waals surface area (Å²) in [6.07, 6.45) is 7.73. The molecular weight excluding hydrogens is 84.1 g/mol. The zero-order valence-electron chi connectivity index (χ0n) is 4.91. The molecule has 1 radical (unpaired) electrons. The molecule has 0 aromatic heterocycles. The molecule has 0 N–H and O–H groups in total. The average molecular weight is 96.2 g/mol. The van der Waals surface area contributed by atoms with E-state index in [9.17, 15) is 0 Å². The van der Waals surface area contributed by atoms with E-state index in [1.165, 1.54) is 25.7 Å². The molecule has 0 heterocycles. The van der Waals surface area contributed by atoms with Crippen LogP contribution in [0.1, 0.15) is 32.6 Å². The predicted molar refractivity (Wildman–Crippen MR) is 31.7 cm³/mol. The molecule has 0 amide bonds. The predicted octanol–water partition coefficient (Wildman–Crippen LogP) is 2.36. The standard InChI is InChI=1S/C7H12/c1-7-5-3-2-4-6-7/h2H,3-6H2,1H3/q+1. The van der Waals surface area contributed by atoms with E-state index in [4.69, 9.17) is 0 Å². The summed E-state index contributed by atoms with van der Waals surface area (Å²) < 4.78 is 0. The third kappa shape index (κ3) is 1.42. The van der Waals surface area contributed by atoms with Crippen molar-refractivity contribution in [1.29, 1.82) is 0 Å². The quantitative estimate of drug-likeness (QED) is 0.406. The SMILES string of the molecule is C[C]1CC[CH+]CC1. The summed E-state index contributed by atoms with van der Waals surface area (Å²) in [5.41, 5.74) is 0. The Hall–Kier alpha value is -0.130. The third-order valence-electron chi connectivity index (χ3n) is 1.55. The topological polar surface area (TPSA) is 0 Å². The summed E-state index contributed by atoms with van der Waals surface area (Å²) in [6.45, 7) is 2.26. The zero-order chi connectivity index (χ0) is 5.11. The Morgan fingerprint density at radius 1 is 1.29 bits per heavy atom. The number of rotatable bonds is 0. The van der Waals surface area contributed by atoms with Gasteiger partial charge in [-0.25, -0.2) is 0 Å². The molecule has 0 aliphatic heterocycles. The number of hydrogen-bond donors (Lipinski definition) is 0. The fraction of sp³-hybridized carbons (Fsp3) is 0.714. The minimum atomic E-state index is 1.33. The zero-order valence-corrected chi connectivity index (χ0v) is 4.91. The van der Waals surface area contributed by atoms with Gasteiger partial charge in [-0.3, -0.25) is 0 Å². The van der Waals surface area contributed by atoms with Crippen molar-refractivity contribution < 1.29 is 0 Å². The molecule has 0 nitrogen and oxygen atoms in total. The second-order valence-corrected chi connectivity index (χ2v) is 2.32. The maximum Gasteiger partial charge on any atom is 0.0880 e. The minimum Gasteiger partial charge on any atom is -0.0588 e. The first-order valence-corrected chi connectivity index (χ1v) is 3.02. The lowest BCUT2D eigenvalue weighted by Crippen LogP contribution is -1.98. The summed E-state index contributed by atoms with van der Waals surface area (Å²) in [4.78, 5) is 0. The highest BCUT2D eigenvalue weighted by Crippen LogP contribution is 2.23. The molecule has 0 aromatic carbocycles. The Kier molecular flexibility index (Phi) is 1.61. The van der Waals surface area contributed by atoms with Crippen LogP contribution in [0.15, 0.2) is 0 Å². The van der Waals surface area contributed by atoms with Gasteiger partial charge in [0.25, 0.3) is 0 Å². The molecule has 0 spiro atoms. The smallest absolute Gasteiger partial charge is 0.0588 e. The van der Waals surface area contributed by atoms with Crippen LogP contribution in [0.4, 0.5) is 0 Å². The van der Waals surface area contributed by atoms with Crippen LogP contribution in [0.3, 0.4) is 0 Å². The van der Waals surface area contributed by atoms with Crippen molar-refractivity contribution in [2.24, 2.45) is 0 Å². The van der Waals surface area contributed by atoms with Crippen molar-refractivity contribution in [2.75, 3.05) is 0 Å². The first-order chi connectivity index (χ1) is 3.39. The van der Waals surface area contributed by atoms with Gasteiger partial charge in [0.2, 0.25) is 0 Å². The molecule has 1 aliphatic rings. The number of hydrogen-bond acceptors (Lipinski definition) is 0. The van der Waals surface area contributed by atoms with E-state index in [0.29, 0.717) is 0 Å². The first-order valence-electron chi connectivity index (χ1n) is 3.02. The lowest BCUT2D eigenvalue weighted by Gasteiger charge is -2.08. The lowest BCUT2D eigenvalue weighted by molar-refractivity contribution is 0.634. The summed E-state index contributed by atoms with van der Waals surface area (Å²) in [5, 5.41) is 0. The van der Waals surface area contributed by atoms with Crippen LogP contribution in [-0.2, 0) is 0 Å². The second kappa shape index (κ2) is 2.25. The van der Waals surface area contributed by atoms with Crippen LogP contribution >= 0.6 is 0 Å². The largest absolute Gasteiger partial charge is 0.0880 e. The van der Waals surface area contributed by atoms with Gasteiger partial charge in [0.15, 0.2) is 0 Å². The highest BCUT2D eigenvalue weighted by molar-refractivity contribution is 4.92. The molecule has 39 valence electrons. The molecule has 0 atom stereocenters. The second-order valence-electron chi connectivity index (χ2n) is 2.32. The Morgan fingerprint density at radius 2 is 1.86 bits per heavy atom. The van der Waals surface area contributed by atoms with Gasteiger partial charge in [-0.1, -0.05) is 6.92 Å². The summed E-state index contributed by atoms with van der Waals surface area (Å²) in [6, 6.07) is 0. The maximum atomic E-state index is 2.38. The van der Waals surface area contributed by atoms with Crippen LogP contribution in [0.5, 0.6) is 0 Å². The molecule has 0 bridgehead atoms. The van der Waals surface area contributed by atoms with E-state index in [1.807, 2.05) is 0 Å². The van der Waals surface area contributed by atoms with E-state index >= 15 is 0 Å². The van der Waals surface area contributed by atoms with E-state index in [0.717, 1.165) is 0 Å². The van der Waals surface area contributed by atoms with Gasteiger partial charge in [-0.05, 0) is 18.8 Å². The molecule has 1 rings (SSSR count). The molecular formula is C7H12+. The van der Waals surface area contributed by atoms with Crippen LogP contribution in [0.25, 0.3) is 0 Å². The van der Waals surface area contributed by atoms with Gasteiger partial charge in [-0.15, -0.1) is 0 Å². The van der Waals surface area contributed by atoms with E-state index in [2.05, 4.69) is 13.3 Å². The Balaban J connectivity index is 2.12. The van der Waals surface area contributed by atoms with Crippen LogP contribution in [0.2, 0.25) is 0 Å². The van der Waals surface area contributed by atoms with Crippen LogP contribution in [0, 0.1) is 12.3 Å². The molecule has 0 aromatic rings. The Bertz CT molecular complexity index is 42.0. The third-order valence-corrected chi connectivity index (χ3v) is 1.55. The van der Waals surface area contributed by atoms with Crippen molar-refractivity contribution in [3.8, 4) is 0 Å². The molecule has 0 saturated heterocycles. The van der Waals surface area contributed by atoms with Crippen molar-refractivity contribution in [1.82, 2.24) is 0 Å². The van der Waals surface area contributed by atoms with Crippen LogP contribution in [-0.4, -0.2) is 0 Å². The van der Waals surface area contributed by atoms with Crippen molar-refractivity contribution in [3.63, 3.8) is 0 Å². The fourth-order valence-electron chi connectivity index (χ4n) is 0.966. The van der Waals surface area contributed by atoms with Gasteiger partial charge in [0.1, 0.15) is 0 Å². The van der Waals surface area contributed by atoms with Crippen molar-refractivity contribution in [3.05, 3.63) is 12.3 Å². The average Bonchev–Trinajstić information content (AvgIpc) is 1.69.